The summed E-state index contributed by atoms with van der Waals surface area (Å²) in [7, 11) is 1.64. The molecule has 100 valence electrons. The molecule has 0 spiro atoms. The fourth-order valence-corrected chi connectivity index (χ4v) is 1.72. The van der Waals surface area contributed by atoms with Crippen LogP contribution in [0.3, 0.4) is 0 Å². The molecule has 0 fully saturated rings. The van der Waals surface area contributed by atoms with Gasteiger partial charge in [-0.25, -0.2) is 0 Å². The van der Waals surface area contributed by atoms with Crippen LogP contribution in [-0.4, -0.2) is 38.5 Å². The maximum atomic E-state index is 5.90. The summed E-state index contributed by atoms with van der Waals surface area (Å²) in [6, 6.07) is 5.39. The van der Waals surface area contributed by atoms with E-state index in [0.29, 0.717) is 36.4 Å². The molecule has 1 rings (SSSR count). The summed E-state index contributed by atoms with van der Waals surface area (Å²) in [5, 5.41) is 3.82. The Morgan fingerprint density at radius 3 is 2.83 bits per heavy atom. The first kappa shape index (κ1) is 15.2. The number of nitrogens with one attached hydrogen (secondary N) is 1. The second-order valence-corrected chi connectivity index (χ2v) is 4.46. The first-order chi connectivity index (χ1) is 8.65. The van der Waals surface area contributed by atoms with Crippen LogP contribution in [0.25, 0.3) is 0 Å². The number of hydrogen-bond acceptors (Lipinski definition) is 4. The summed E-state index contributed by atoms with van der Waals surface area (Å²) in [4.78, 5) is 0.320. The lowest BCUT2D eigenvalue weighted by Gasteiger charge is -2.11. The second-order valence-electron chi connectivity index (χ2n) is 3.59. The largest absolute Gasteiger partial charge is 0.389 e. The highest BCUT2D eigenvalue weighted by Crippen LogP contribution is 2.20. The second kappa shape index (κ2) is 8.26. The zero-order chi connectivity index (χ0) is 13.4. The zero-order valence-corrected chi connectivity index (χ0v) is 11.8. The van der Waals surface area contributed by atoms with E-state index in [2.05, 4.69) is 5.32 Å². The van der Waals surface area contributed by atoms with Crippen LogP contribution in [0.5, 0.6) is 0 Å². The average Bonchev–Trinajstić information content (AvgIpc) is 2.35. The minimum Gasteiger partial charge on any atom is -0.389 e. The fourth-order valence-electron chi connectivity index (χ4n) is 1.38. The van der Waals surface area contributed by atoms with E-state index in [-0.39, 0.29) is 0 Å². The molecule has 1 aromatic carbocycles. The number of hydrogen-bond donors (Lipinski definition) is 2. The summed E-state index contributed by atoms with van der Waals surface area (Å²) in [5.41, 5.74) is 7.25. The van der Waals surface area contributed by atoms with E-state index in [4.69, 9.17) is 39.0 Å². The van der Waals surface area contributed by atoms with Crippen molar-refractivity contribution >= 4 is 34.5 Å². The molecule has 0 unspecified atom stereocenters. The van der Waals surface area contributed by atoms with Crippen LogP contribution in [0.1, 0.15) is 5.56 Å². The summed E-state index contributed by atoms with van der Waals surface area (Å²) in [6.45, 7) is 2.43. The Morgan fingerprint density at radius 1 is 1.39 bits per heavy atom. The quantitative estimate of drug-likeness (QED) is 0.566. The van der Waals surface area contributed by atoms with Gasteiger partial charge in [-0.2, -0.15) is 0 Å². The maximum Gasteiger partial charge on any atom is 0.106 e. The molecule has 3 N–H and O–H groups in total. The molecule has 6 heteroatoms. The Morgan fingerprint density at radius 2 is 2.17 bits per heavy atom. The lowest BCUT2D eigenvalue weighted by Crippen LogP contribution is -2.16. The van der Waals surface area contributed by atoms with Gasteiger partial charge in [0.2, 0.25) is 0 Å². The van der Waals surface area contributed by atoms with Crippen molar-refractivity contribution in [3.8, 4) is 0 Å². The van der Waals surface area contributed by atoms with Gasteiger partial charge in [0.15, 0.2) is 0 Å². The predicted octanol–water partition coefficient (Wildman–Crippen LogP) is 2.05. The monoisotopic (exact) mass is 288 g/mol. The van der Waals surface area contributed by atoms with Gasteiger partial charge in [-0.3, -0.25) is 0 Å². The Balaban J connectivity index is 2.44. The van der Waals surface area contributed by atoms with Gasteiger partial charge in [-0.1, -0.05) is 23.8 Å². The van der Waals surface area contributed by atoms with Crippen LogP contribution >= 0.6 is 23.8 Å². The fraction of sp³-hybridized carbons (Fsp3) is 0.417. The lowest BCUT2D eigenvalue weighted by molar-refractivity contribution is 0.0759. The number of nitrogens with two attached hydrogens (primary N) is 1. The minimum atomic E-state index is 0.320. The van der Waals surface area contributed by atoms with E-state index in [1.807, 2.05) is 6.07 Å². The Bertz CT molecular complexity index is 402. The van der Waals surface area contributed by atoms with E-state index in [0.717, 1.165) is 11.3 Å². The third kappa shape index (κ3) is 5.18. The van der Waals surface area contributed by atoms with Gasteiger partial charge in [-0.05, 0) is 18.2 Å². The SMILES string of the molecule is COCCOCCNc1ccc(Cl)cc1C(N)=S. The van der Waals surface area contributed by atoms with Gasteiger partial charge in [-0.15, -0.1) is 0 Å². The minimum absolute atomic E-state index is 0.320. The van der Waals surface area contributed by atoms with Crippen LogP contribution < -0.4 is 11.1 Å². The van der Waals surface area contributed by atoms with E-state index in [1.165, 1.54) is 0 Å². The van der Waals surface area contributed by atoms with Crippen molar-refractivity contribution in [3.63, 3.8) is 0 Å². The highest BCUT2D eigenvalue weighted by molar-refractivity contribution is 7.80. The molecular weight excluding hydrogens is 272 g/mol. The third-order valence-electron chi connectivity index (χ3n) is 2.24. The number of halogens is 1. The van der Waals surface area contributed by atoms with Gasteiger partial charge in [0, 0.05) is 29.9 Å². The maximum absolute atomic E-state index is 5.90. The number of rotatable bonds is 8. The summed E-state index contributed by atoms with van der Waals surface area (Å²) in [6.07, 6.45) is 0. The first-order valence-corrected chi connectivity index (χ1v) is 6.33. The number of thiocarbonyl (C=S) groups is 1. The molecule has 0 aliphatic carbocycles. The highest BCUT2D eigenvalue weighted by atomic mass is 35.5. The van der Waals surface area contributed by atoms with Crippen molar-refractivity contribution in [3.05, 3.63) is 28.8 Å². The van der Waals surface area contributed by atoms with Crippen molar-refractivity contribution in [1.29, 1.82) is 0 Å². The van der Waals surface area contributed by atoms with Crippen molar-refractivity contribution in [2.45, 2.75) is 0 Å². The summed E-state index contributed by atoms with van der Waals surface area (Å²) >= 11 is 10.9. The van der Waals surface area contributed by atoms with Crippen molar-refractivity contribution in [1.82, 2.24) is 0 Å². The summed E-state index contributed by atoms with van der Waals surface area (Å²) in [5.74, 6) is 0. The molecule has 0 aromatic heterocycles. The van der Waals surface area contributed by atoms with Crippen molar-refractivity contribution < 1.29 is 9.47 Å². The van der Waals surface area contributed by atoms with Crippen molar-refractivity contribution in [2.24, 2.45) is 5.73 Å². The van der Waals surface area contributed by atoms with Crippen LogP contribution in [-0.2, 0) is 9.47 Å². The van der Waals surface area contributed by atoms with E-state index < -0.39 is 0 Å². The molecule has 0 saturated carbocycles. The molecule has 0 amide bonds. The molecular formula is C12H17ClN2O2S. The molecule has 0 radical (unpaired) electrons. The van der Waals surface area contributed by atoms with Crippen LogP contribution in [0.2, 0.25) is 5.02 Å². The first-order valence-electron chi connectivity index (χ1n) is 5.55. The van der Waals surface area contributed by atoms with Gasteiger partial charge in [0.05, 0.1) is 19.8 Å². The number of anilines is 1. The van der Waals surface area contributed by atoms with Gasteiger partial charge in [0.1, 0.15) is 4.99 Å². The van der Waals surface area contributed by atoms with Crippen LogP contribution in [0.15, 0.2) is 18.2 Å². The predicted molar refractivity (Wildman–Crippen MR) is 78.5 cm³/mol. The van der Waals surface area contributed by atoms with Crippen LogP contribution in [0, 0.1) is 0 Å². The Kier molecular flexibility index (Phi) is 6.97. The highest BCUT2D eigenvalue weighted by Gasteiger charge is 2.05. The van der Waals surface area contributed by atoms with E-state index in [1.54, 1.807) is 19.2 Å². The lowest BCUT2D eigenvalue weighted by atomic mass is 10.2. The molecule has 0 bridgehead atoms. The third-order valence-corrected chi connectivity index (χ3v) is 2.70. The van der Waals surface area contributed by atoms with Gasteiger partial charge >= 0.3 is 0 Å². The van der Waals surface area contributed by atoms with Crippen LogP contribution in [0.4, 0.5) is 5.69 Å². The molecule has 0 heterocycles. The zero-order valence-electron chi connectivity index (χ0n) is 10.2. The molecule has 0 saturated heterocycles. The van der Waals surface area contributed by atoms with E-state index >= 15 is 0 Å². The number of ether oxygens (including phenoxy) is 2. The van der Waals surface area contributed by atoms with Crippen molar-refractivity contribution in [2.75, 3.05) is 38.8 Å². The molecule has 4 nitrogen and oxygen atoms in total. The number of methoxy groups -OCH3 is 1. The van der Waals surface area contributed by atoms with E-state index in [9.17, 15) is 0 Å². The smallest absolute Gasteiger partial charge is 0.106 e. The molecule has 0 atom stereocenters. The molecule has 0 aliphatic rings. The summed E-state index contributed by atoms with van der Waals surface area (Å²) < 4.78 is 10.2. The standard InChI is InChI=1S/C12H17ClN2O2S/c1-16-6-7-17-5-4-15-11-3-2-9(13)8-10(11)12(14)18/h2-3,8,15H,4-7H2,1H3,(H2,14,18). The average molecular weight is 289 g/mol. The normalized spacial score (nSPS) is 10.3. The Labute approximate surface area is 117 Å². The van der Waals surface area contributed by atoms with Gasteiger partial charge in [0.25, 0.3) is 0 Å². The Hall–Kier alpha value is -0.880. The number of benzene rings is 1. The molecule has 1 aromatic rings. The molecule has 0 aliphatic heterocycles. The topological polar surface area (TPSA) is 56.5 Å². The molecule has 18 heavy (non-hydrogen) atoms. The van der Waals surface area contributed by atoms with Gasteiger partial charge < -0.3 is 20.5 Å².